The molecule has 7 nitrogen and oxygen atoms in total. The number of carbonyl (C=O) groups excluding carboxylic acids is 2. The number of furan rings is 1. The van der Waals surface area contributed by atoms with Crippen molar-refractivity contribution in [3.8, 4) is 11.5 Å². The van der Waals surface area contributed by atoms with E-state index < -0.39 is 0 Å². The third-order valence-electron chi connectivity index (χ3n) is 5.98. The molecule has 3 rings (SSSR count). The first-order valence-electron chi connectivity index (χ1n) is 12.3. The summed E-state index contributed by atoms with van der Waals surface area (Å²) in [6.45, 7) is 5.26. The normalized spacial score (nSPS) is 10.7. The third kappa shape index (κ3) is 7.63. The van der Waals surface area contributed by atoms with Crippen LogP contribution in [0.4, 0.5) is 0 Å². The van der Waals surface area contributed by atoms with Gasteiger partial charge in [0.25, 0.3) is 0 Å². The van der Waals surface area contributed by atoms with Crippen LogP contribution in [-0.2, 0) is 29.0 Å². The molecule has 36 heavy (non-hydrogen) atoms. The minimum absolute atomic E-state index is 0.0329. The lowest BCUT2D eigenvalue weighted by Gasteiger charge is -2.27. The van der Waals surface area contributed by atoms with Crippen LogP contribution in [0.2, 0.25) is 0 Å². The fraction of sp³-hybridized carbons (Fsp3) is 0.379. The first kappa shape index (κ1) is 26.9. The molecular formula is C29H36N2O5. The van der Waals surface area contributed by atoms with Gasteiger partial charge in [0.15, 0.2) is 11.5 Å². The number of rotatable bonds is 13. The van der Waals surface area contributed by atoms with Crippen molar-refractivity contribution in [1.29, 1.82) is 0 Å². The van der Waals surface area contributed by atoms with Gasteiger partial charge in [-0.25, -0.2) is 0 Å². The Morgan fingerprint density at radius 2 is 1.58 bits per heavy atom. The van der Waals surface area contributed by atoms with Gasteiger partial charge < -0.3 is 23.7 Å². The van der Waals surface area contributed by atoms with Crippen LogP contribution >= 0.6 is 0 Å². The van der Waals surface area contributed by atoms with Gasteiger partial charge in [0.1, 0.15) is 11.5 Å². The van der Waals surface area contributed by atoms with E-state index >= 15 is 0 Å². The maximum absolute atomic E-state index is 13.5. The van der Waals surface area contributed by atoms with Crippen LogP contribution in [0.15, 0.2) is 65.1 Å². The van der Waals surface area contributed by atoms with E-state index in [1.807, 2.05) is 74.5 Å². The monoisotopic (exact) mass is 492 g/mol. The zero-order chi connectivity index (χ0) is 25.9. The highest BCUT2D eigenvalue weighted by molar-refractivity contribution is 5.86. The molecule has 3 aromatic rings. The molecule has 0 aliphatic rings. The summed E-state index contributed by atoms with van der Waals surface area (Å²) in [7, 11) is 3.20. The highest BCUT2D eigenvalue weighted by Crippen LogP contribution is 2.27. The van der Waals surface area contributed by atoms with Crippen LogP contribution in [0, 0.1) is 6.92 Å². The zero-order valence-electron chi connectivity index (χ0n) is 21.7. The number of amides is 2. The summed E-state index contributed by atoms with van der Waals surface area (Å²) in [4.78, 5) is 29.9. The smallest absolute Gasteiger partial charge is 0.242 e. The minimum Gasteiger partial charge on any atom is -0.493 e. The van der Waals surface area contributed by atoms with Crippen LogP contribution in [0.3, 0.4) is 0 Å². The van der Waals surface area contributed by atoms with Crippen molar-refractivity contribution in [2.45, 2.75) is 39.7 Å². The lowest BCUT2D eigenvalue weighted by Crippen LogP contribution is -2.44. The van der Waals surface area contributed by atoms with Crippen molar-refractivity contribution in [2.24, 2.45) is 0 Å². The molecule has 2 aromatic carbocycles. The van der Waals surface area contributed by atoms with E-state index in [4.69, 9.17) is 13.9 Å². The molecule has 0 radical (unpaired) electrons. The maximum atomic E-state index is 13.5. The van der Waals surface area contributed by atoms with Gasteiger partial charge in [0, 0.05) is 13.1 Å². The molecule has 0 atom stereocenters. The Labute approximate surface area is 213 Å². The number of methoxy groups -OCH3 is 2. The molecule has 1 aromatic heterocycles. The van der Waals surface area contributed by atoms with E-state index in [0.29, 0.717) is 43.3 Å². The Balaban J connectivity index is 1.73. The van der Waals surface area contributed by atoms with Gasteiger partial charge in [-0.15, -0.1) is 0 Å². The second kappa shape index (κ2) is 13.4. The molecule has 0 saturated carbocycles. The summed E-state index contributed by atoms with van der Waals surface area (Å²) < 4.78 is 16.5. The largest absolute Gasteiger partial charge is 0.493 e. The Morgan fingerprint density at radius 3 is 2.22 bits per heavy atom. The van der Waals surface area contributed by atoms with Crippen molar-refractivity contribution in [3.05, 3.63) is 83.3 Å². The lowest BCUT2D eigenvalue weighted by molar-refractivity contribution is -0.140. The highest BCUT2D eigenvalue weighted by Gasteiger charge is 2.22. The van der Waals surface area contributed by atoms with Crippen LogP contribution in [-0.4, -0.2) is 55.5 Å². The summed E-state index contributed by atoms with van der Waals surface area (Å²) in [5.74, 6) is 2.65. The second-order valence-electron chi connectivity index (χ2n) is 8.74. The molecule has 0 fully saturated rings. The minimum atomic E-state index is -0.112. The number of hydrogen-bond donors (Lipinski definition) is 0. The first-order valence-corrected chi connectivity index (χ1v) is 12.3. The van der Waals surface area contributed by atoms with Gasteiger partial charge >= 0.3 is 0 Å². The fourth-order valence-corrected chi connectivity index (χ4v) is 4.06. The van der Waals surface area contributed by atoms with E-state index in [9.17, 15) is 9.59 Å². The van der Waals surface area contributed by atoms with Gasteiger partial charge in [0.2, 0.25) is 11.8 Å². The van der Waals surface area contributed by atoms with Gasteiger partial charge in [0.05, 0.1) is 33.7 Å². The van der Waals surface area contributed by atoms with Crippen LogP contribution < -0.4 is 9.47 Å². The summed E-state index contributed by atoms with van der Waals surface area (Å²) in [6.07, 6.45) is 1.67. The van der Waals surface area contributed by atoms with Crippen LogP contribution in [0.1, 0.15) is 36.0 Å². The topological polar surface area (TPSA) is 72.2 Å². The number of hydrogen-bond acceptors (Lipinski definition) is 5. The lowest BCUT2D eigenvalue weighted by atomic mass is 10.1. The Bertz CT molecular complexity index is 1130. The van der Waals surface area contributed by atoms with E-state index in [-0.39, 0.29) is 24.8 Å². The molecule has 0 aliphatic heterocycles. The van der Waals surface area contributed by atoms with Crippen molar-refractivity contribution >= 4 is 11.8 Å². The van der Waals surface area contributed by atoms with Crippen LogP contribution in [0.5, 0.6) is 11.5 Å². The van der Waals surface area contributed by atoms with Crippen molar-refractivity contribution in [1.82, 2.24) is 9.80 Å². The standard InChI is InChI=1S/C29H36N2O5/c1-5-16-30(28(32)19-23-9-7-6-8-10-23)21-29(33)31(20-25-13-11-22(2)36-25)17-15-24-12-14-26(34-3)27(18-24)35-4/h6-14,18H,5,15-17,19-21H2,1-4H3. The van der Waals surface area contributed by atoms with E-state index in [1.165, 1.54) is 0 Å². The van der Waals surface area contributed by atoms with E-state index in [1.54, 1.807) is 24.0 Å². The van der Waals surface area contributed by atoms with Crippen molar-refractivity contribution < 1.29 is 23.5 Å². The van der Waals surface area contributed by atoms with Crippen molar-refractivity contribution in [2.75, 3.05) is 33.9 Å². The fourth-order valence-electron chi connectivity index (χ4n) is 4.06. The second-order valence-corrected chi connectivity index (χ2v) is 8.74. The number of ether oxygens (including phenoxy) is 2. The van der Waals surface area contributed by atoms with Crippen LogP contribution in [0.25, 0.3) is 0 Å². The number of benzene rings is 2. The van der Waals surface area contributed by atoms with Crippen molar-refractivity contribution in [3.63, 3.8) is 0 Å². The predicted octanol–water partition coefficient (Wildman–Crippen LogP) is 4.66. The molecule has 0 saturated heterocycles. The van der Waals surface area contributed by atoms with Gasteiger partial charge in [-0.3, -0.25) is 9.59 Å². The van der Waals surface area contributed by atoms with E-state index in [0.717, 1.165) is 23.3 Å². The molecule has 0 aliphatic carbocycles. The molecule has 192 valence electrons. The number of carbonyl (C=O) groups is 2. The third-order valence-corrected chi connectivity index (χ3v) is 5.98. The Kier molecular flexibility index (Phi) is 9.98. The molecule has 7 heteroatoms. The maximum Gasteiger partial charge on any atom is 0.242 e. The SMILES string of the molecule is CCCN(CC(=O)N(CCc1ccc(OC)c(OC)c1)Cc1ccc(C)o1)C(=O)Cc1ccccc1. The average Bonchev–Trinajstić information content (AvgIpc) is 3.30. The molecule has 0 spiro atoms. The summed E-state index contributed by atoms with van der Waals surface area (Å²) in [5.41, 5.74) is 1.96. The molecule has 0 bridgehead atoms. The summed E-state index contributed by atoms with van der Waals surface area (Å²) in [6, 6.07) is 19.1. The predicted molar refractivity (Wildman–Crippen MR) is 139 cm³/mol. The average molecular weight is 493 g/mol. The number of aryl methyl sites for hydroxylation is 1. The molecule has 0 N–H and O–H groups in total. The van der Waals surface area contributed by atoms with Gasteiger partial charge in [-0.1, -0.05) is 43.3 Å². The van der Waals surface area contributed by atoms with E-state index in [2.05, 4.69) is 0 Å². The molecular weight excluding hydrogens is 456 g/mol. The van der Waals surface area contributed by atoms with Gasteiger partial charge in [-0.2, -0.15) is 0 Å². The quantitative estimate of drug-likeness (QED) is 0.347. The Morgan fingerprint density at radius 1 is 0.833 bits per heavy atom. The highest BCUT2D eigenvalue weighted by atomic mass is 16.5. The molecule has 2 amide bonds. The summed E-state index contributed by atoms with van der Waals surface area (Å²) >= 11 is 0. The summed E-state index contributed by atoms with van der Waals surface area (Å²) in [5, 5.41) is 0. The first-order chi connectivity index (χ1) is 17.4. The Hall–Kier alpha value is -3.74. The molecule has 0 unspecified atom stereocenters. The van der Waals surface area contributed by atoms with Gasteiger partial charge in [-0.05, 0) is 55.2 Å². The number of nitrogens with zero attached hydrogens (tertiary/aromatic N) is 2. The molecule has 1 heterocycles. The zero-order valence-corrected chi connectivity index (χ0v) is 21.7.